The van der Waals surface area contributed by atoms with E-state index in [0.29, 0.717) is 5.69 Å². The lowest BCUT2D eigenvalue weighted by atomic mass is 10.1. The van der Waals surface area contributed by atoms with Crippen LogP contribution in [0.5, 0.6) is 0 Å². The van der Waals surface area contributed by atoms with E-state index < -0.39 is 11.2 Å². The minimum absolute atomic E-state index is 0.0282. The summed E-state index contributed by atoms with van der Waals surface area (Å²) >= 11 is 0. The molecule has 0 aliphatic carbocycles. The summed E-state index contributed by atoms with van der Waals surface area (Å²) in [6.45, 7) is 5.03. The molecule has 0 unspecified atom stereocenters. The molecule has 0 saturated heterocycles. The fraction of sp³-hybridized carbons (Fsp3) is 0.214. The van der Waals surface area contributed by atoms with Gasteiger partial charge in [0.1, 0.15) is 0 Å². The summed E-state index contributed by atoms with van der Waals surface area (Å²) in [6.07, 6.45) is 1.16. The van der Waals surface area contributed by atoms with Gasteiger partial charge >= 0.3 is 5.69 Å². The molecule has 0 atom stereocenters. The van der Waals surface area contributed by atoms with Crippen LogP contribution in [0.3, 0.4) is 0 Å². The molecule has 1 aromatic heterocycles. The van der Waals surface area contributed by atoms with Crippen LogP contribution in [-0.2, 0) is 0 Å². The van der Waals surface area contributed by atoms with Gasteiger partial charge in [-0.2, -0.15) is 0 Å². The molecule has 0 aliphatic heterocycles. The second kappa shape index (κ2) is 4.68. The second-order valence-corrected chi connectivity index (χ2v) is 4.49. The maximum Gasteiger partial charge on any atom is 0.333 e. The van der Waals surface area contributed by atoms with Gasteiger partial charge in [-0.1, -0.05) is 17.7 Å². The Bertz CT molecular complexity index is 769. The van der Waals surface area contributed by atoms with Crippen LogP contribution in [0.25, 0.3) is 5.69 Å². The summed E-state index contributed by atoms with van der Waals surface area (Å²) < 4.78 is 0.992. The van der Waals surface area contributed by atoms with Crippen molar-refractivity contribution in [3.8, 4) is 5.69 Å². The first-order valence-electron chi connectivity index (χ1n) is 5.85. The van der Waals surface area contributed by atoms with Gasteiger partial charge in [0.25, 0.3) is 5.56 Å². The van der Waals surface area contributed by atoms with Crippen molar-refractivity contribution in [3.05, 3.63) is 61.9 Å². The van der Waals surface area contributed by atoms with Crippen LogP contribution in [0, 0.1) is 13.8 Å². The van der Waals surface area contributed by atoms with E-state index in [1.807, 2.05) is 26.0 Å². The van der Waals surface area contributed by atoms with Crippen LogP contribution in [-0.4, -0.2) is 15.3 Å². The van der Waals surface area contributed by atoms with E-state index in [-0.39, 0.29) is 11.3 Å². The molecule has 1 aromatic carbocycles. The normalized spacial score (nSPS) is 10.5. The van der Waals surface area contributed by atoms with Crippen molar-refractivity contribution in [2.45, 2.75) is 20.8 Å². The van der Waals surface area contributed by atoms with Gasteiger partial charge in [-0.15, -0.1) is 0 Å². The Morgan fingerprint density at radius 1 is 1.21 bits per heavy atom. The molecule has 0 fully saturated rings. The second-order valence-electron chi connectivity index (χ2n) is 4.49. The SMILES string of the molecule is CC(=O)c1c[nH]c(=O)n(-c2ccc(C)cc2C)c1=O. The summed E-state index contributed by atoms with van der Waals surface area (Å²) in [5.74, 6) is -0.375. The van der Waals surface area contributed by atoms with Gasteiger partial charge in [0.05, 0.1) is 11.3 Å². The number of Topliss-reactive ketones (excluding diaryl/α,β-unsaturated/α-hetero) is 1. The highest BCUT2D eigenvalue weighted by Crippen LogP contribution is 2.12. The fourth-order valence-corrected chi connectivity index (χ4v) is 2.00. The number of aromatic nitrogens is 2. The lowest BCUT2D eigenvalue weighted by Gasteiger charge is -2.09. The molecule has 0 spiro atoms. The first-order valence-corrected chi connectivity index (χ1v) is 5.85. The van der Waals surface area contributed by atoms with Gasteiger partial charge in [-0.05, 0) is 32.4 Å². The number of nitrogens with zero attached hydrogens (tertiary/aromatic N) is 1. The number of benzene rings is 1. The number of rotatable bonds is 2. The molecule has 0 aliphatic rings. The van der Waals surface area contributed by atoms with Gasteiger partial charge < -0.3 is 4.98 Å². The van der Waals surface area contributed by atoms with Crippen molar-refractivity contribution in [2.24, 2.45) is 0 Å². The third-order valence-corrected chi connectivity index (χ3v) is 2.95. The first kappa shape index (κ1) is 13.0. The fourth-order valence-electron chi connectivity index (χ4n) is 2.00. The largest absolute Gasteiger partial charge is 0.333 e. The number of hydrogen-bond donors (Lipinski definition) is 1. The zero-order chi connectivity index (χ0) is 14.2. The van der Waals surface area contributed by atoms with Gasteiger partial charge in [0, 0.05) is 6.20 Å². The third kappa shape index (κ3) is 2.27. The number of carbonyl (C=O) groups is 1. The highest BCUT2D eigenvalue weighted by Gasteiger charge is 2.13. The van der Waals surface area contributed by atoms with E-state index in [9.17, 15) is 14.4 Å². The highest BCUT2D eigenvalue weighted by molar-refractivity contribution is 5.93. The number of aromatic amines is 1. The standard InChI is InChI=1S/C14H14N2O3/c1-8-4-5-12(9(2)6-8)16-13(18)11(10(3)17)7-15-14(16)19/h4-7H,1-3H3,(H,15,19). The van der Waals surface area contributed by atoms with E-state index in [1.165, 1.54) is 6.92 Å². The molecule has 5 heteroatoms. The molecule has 0 radical (unpaired) electrons. The molecule has 1 N–H and O–H groups in total. The van der Waals surface area contributed by atoms with Crippen molar-refractivity contribution >= 4 is 5.78 Å². The summed E-state index contributed by atoms with van der Waals surface area (Å²) in [7, 11) is 0. The number of carbonyl (C=O) groups excluding carboxylic acids is 1. The molecule has 0 saturated carbocycles. The van der Waals surface area contributed by atoms with E-state index in [2.05, 4.69) is 4.98 Å². The molecule has 5 nitrogen and oxygen atoms in total. The quantitative estimate of drug-likeness (QED) is 0.826. The zero-order valence-corrected chi connectivity index (χ0v) is 11.0. The van der Waals surface area contributed by atoms with E-state index in [0.717, 1.165) is 21.9 Å². The minimum Gasteiger partial charge on any atom is -0.313 e. The Morgan fingerprint density at radius 3 is 2.47 bits per heavy atom. The van der Waals surface area contributed by atoms with Gasteiger partial charge in [0.2, 0.25) is 0 Å². The number of H-pyrrole nitrogens is 1. The molecule has 98 valence electrons. The van der Waals surface area contributed by atoms with Crippen molar-refractivity contribution in [1.82, 2.24) is 9.55 Å². The molecule has 0 bridgehead atoms. The Hall–Kier alpha value is -2.43. The number of aryl methyl sites for hydroxylation is 2. The Kier molecular flexibility index (Phi) is 3.21. The lowest BCUT2D eigenvalue weighted by Crippen LogP contribution is -2.36. The number of nitrogens with one attached hydrogen (secondary N) is 1. The third-order valence-electron chi connectivity index (χ3n) is 2.95. The zero-order valence-electron chi connectivity index (χ0n) is 11.0. The maximum absolute atomic E-state index is 12.2. The van der Waals surface area contributed by atoms with Crippen LogP contribution in [0.4, 0.5) is 0 Å². The Morgan fingerprint density at radius 2 is 1.89 bits per heavy atom. The van der Waals surface area contributed by atoms with E-state index >= 15 is 0 Å². The Balaban J connectivity index is 2.82. The van der Waals surface area contributed by atoms with Crippen molar-refractivity contribution in [3.63, 3.8) is 0 Å². The minimum atomic E-state index is -0.594. The number of ketones is 1. The van der Waals surface area contributed by atoms with E-state index in [1.54, 1.807) is 6.07 Å². The van der Waals surface area contributed by atoms with Crippen molar-refractivity contribution in [2.75, 3.05) is 0 Å². The van der Waals surface area contributed by atoms with E-state index in [4.69, 9.17) is 0 Å². The molecular formula is C14H14N2O3. The van der Waals surface area contributed by atoms with Crippen LogP contribution in [0.2, 0.25) is 0 Å². The Labute approximate surface area is 109 Å². The summed E-state index contributed by atoms with van der Waals surface area (Å²) in [5.41, 5.74) is 1.14. The summed E-state index contributed by atoms with van der Waals surface area (Å²) in [5, 5.41) is 0. The van der Waals surface area contributed by atoms with Crippen LogP contribution >= 0.6 is 0 Å². The summed E-state index contributed by atoms with van der Waals surface area (Å²) in [6, 6.07) is 5.39. The van der Waals surface area contributed by atoms with Gasteiger partial charge in [0.15, 0.2) is 5.78 Å². The van der Waals surface area contributed by atoms with Crippen molar-refractivity contribution in [1.29, 1.82) is 0 Å². The first-order chi connectivity index (χ1) is 8.91. The predicted octanol–water partition coefficient (Wildman–Crippen LogP) is 1.35. The molecule has 19 heavy (non-hydrogen) atoms. The summed E-state index contributed by atoms with van der Waals surface area (Å²) in [4.78, 5) is 37.8. The van der Waals surface area contributed by atoms with Gasteiger partial charge in [-0.3, -0.25) is 9.59 Å². The maximum atomic E-state index is 12.2. The number of hydrogen-bond acceptors (Lipinski definition) is 3. The van der Waals surface area contributed by atoms with Crippen LogP contribution < -0.4 is 11.2 Å². The highest BCUT2D eigenvalue weighted by atomic mass is 16.2. The average molecular weight is 258 g/mol. The molecule has 0 amide bonds. The average Bonchev–Trinajstić information content (AvgIpc) is 2.31. The van der Waals surface area contributed by atoms with Crippen molar-refractivity contribution < 1.29 is 4.79 Å². The lowest BCUT2D eigenvalue weighted by molar-refractivity contribution is 0.101. The molecule has 2 rings (SSSR count). The monoisotopic (exact) mass is 258 g/mol. The smallest absolute Gasteiger partial charge is 0.313 e. The van der Waals surface area contributed by atoms with Crippen LogP contribution in [0.15, 0.2) is 34.0 Å². The topological polar surface area (TPSA) is 71.9 Å². The van der Waals surface area contributed by atoms with Gasteiger partial charge in [-0.25, -0.2) is 9.36 Å². The molecule has 2 aromatic rings. The predicted molar refractivity (Wildman–Crippen MR) is 72.1 cm³/mol. The molecular weight excluding hydrogens is 244 g/mol. The van der Waals surface area contributed by atoms with Crippen LogP contribution in [0.1, 0.15) is 28.4 Å². The molecule has 1 heterocycles.